The molecule has 0 fully saturated rings. The number of rotatable bonds is 8. The van der Waals surface area contributed by atoms with Gasteiger partial charge in [-0.1, -0.05) is 12.1 Å². The van der Waals surface area contributed by atoms with Gasteiger partial charge in [0.2, 0.25) is 0 Å². The molecule has 0 saturated carbocycles. The van der Waals surface area contributed by atoms with Crippen LogP contribution in [0.1, 0.15) is 17.3 Å². The fraction of sp³-hybridized carbons (Fsp3) is 0.211. The molecule has 132 valence electrons. The van der Waals surface area contributed by atoms with Crippen molar-refractivity contribution >= 4 is 21.6 Å². The summed E-state index contributed by atoms with van der Waals surface area (Å²) in [5.74, 6) is 2.51. The van der Waals surface area contributed by atoms with Crippen LogP contribution in [0.3, 0.4) is 0 Å². The number of aromatic amines is 1. The topological polar surface area (TPSA) is 72.9 Å². The number of aromatic nitrogens is 4. The minimum Gasteiger partial charge on any atom is -0.494 e. The Labute approximate surface area is 154 Å². The molecule has 0 aliphatic heterocycles. The van der Waals surface area contributed by atoms with Gasteiger partial charge in [0.05, 0.1) is 16.8 Å². The minimum atomic E-state index is 0.469. The molecular formula is C19H18N4O2S. The van der Waals surface area contributed by atoms with Crippen molar-refractivity contribution in [2.45, 2.75) is 19.4 Å². The second-order valence-corrected chi connectivity index (χ2v) is 6.83. The maximum atomic E-state index is 5.82. The number of nitrogens with one attached hydrogen (secondary N) is 1. The summed E-state index contributed by atoms with van der Waals surface area (Å²) in [4.78, 5) is 8.66. The van der Waals surface area contributed by atoms with Gasteiger partial charge in [-0.25, -0.2) is 9.97 Å². The standard InChI is InChI=1S/C19H18N4O2S/c1-2-5-17-16(4-1)22-19(26-17)12-25-15-9-7-14(8-10-15)24-11-3-6-18-20-13-21-23-18/h1-2,4-5,7-10,13H,3,6,11-12H2,(H,20,21,23). The smallest absolute Gasteiger partial charge is 0.140 e. The van der Waals surface area contributed by atoms with Crippen molar-refractivity contribution in [2.24, 2.45) is 0 Å². The lowest BCUT2D eigenvalue weighted by Crippen LogP contribution is -2.00. The van der Waals surface area contributed by atoms with E-state index >= 15 is 0 Å². The number of para-hydroxylation sites is 1. The van der Waals surface area contributed by atoms with E-state index < -0.39 is 0 Å². The summed E-state index contributed by atoms with van der Waals surface area (Å²) in [6.07, 6.45) is 3.22. The van der Waals surface area contributed by atoms with E-state index in [0.717, 1.165) is 40.7 Å². The molecule has 0 radical (unpaired) electrons. The van der Waals surface area contributed by atoms with Gasteiger partial charge in [-0.15, -0.1) is 11.3 Å². The second-order valence-electron chi connectivity index (χ2n) is 5.72. The number of fused-ring (bicyclic) bond motifs is 1. The third-order valence-corrected chi connectivity index (χ3v) is 4.83. The molecular weight excluding hydrogens is 348 g/mol. The second kappa shape index (κ2) is 7.97. The zero-order valence-corrected chi connectivity index (χ0v) is 14.9. The maximum absolute atomic E-state index is 5.82. The fourth-order valence-corrected chi connectivity index (χ4v) is 3.42. The molecule has 0 amide bonds. The highest BCUT2D eigenvalue weighted by Crippen LogP contribution is 2.24. The Morgan fingerprint density at radius 1 is 0.962 bits per heavy atom. The van der Waals surface area contributed by atoms with Crippen LogP contribution in [-0.2, 0) is 13.0 Å². The monoisotopic (exact) mass is 366 g/mol. The quantitative estimate of drug-likeness (QED) is 0.477. The van der Waals surface area contributed by atoms with Gasteiger partial charge in [0, 0.05) is 6.42 Å². The van der Waals surface area contributed by atoms with Crippen molar-refractivity contribution < 1.29 is 9.47 Å². The summed E-state index contributed by atoms with van der Waals surface area (Å²) in [5.41, 5.74) is 1.02. The molecule has 0 atom stereocenters. The highest BCUT2D eigenvalue weighted by Gasteiger charge is 2.04. The molecule has 1 N–H and O–H groups in total. The first-order valence-electron chi connectivity index (χ1n) is 8.41. The van der Waals surface area contributed by atoms with Crippen molar-refractivity contribution in [3.8, 4) is 11.5 Å². The number of H-pyrrole nitrogens is 1. The molecule has 4 aromatic rings. The Hall–Kier alpha value is -2.93. The predicted octanol–water partition coefficient (Wildman–Crippen LogP) is 4.01. The van der Waals surface area contributed by atoms with Gasteiger partial charge in [-0.3, -0.25) is 5.10 Å². The van der Waals surface area contributed by atoms with Crippen LogP contribution < -0.4 is 9.47 Å². The van der Waals surface area contributed by atoms with E-state index in [1.807, 2.05) is 42.5 Å². The van der Waals surface area contributed by atoms with Gasteiger partial charge < -0.3 is 9.47 Å². The Morgan fingerprint density at radius 2 is 1.77 bits per heavy atom. The molecule has 0 spiro atoms. The van der Waals surface area contributed by atoms with E-state index in [1.54, 1.807) is 11.3 Å². The molecule has 4 rings (SSSR count). The van der Waals surface area contributed by atoms with Gasteiger partial charge in [0.1, 0.15) is 35.3 Å². The Kier molecular flexibility index (Phi) is 5.07. The third-order valence-electron chi connectivity index (χ3n) is 3.82. The molecule has 0 unspecified atom stereocenters. The Bertz CT molecular complexity index is 918. The normalized spacial score (nSPS) is 10.9. The summed E-state index contributed by atoms with van der Waals surface area (Å²) in [7, 11) is 0. The first-order chi connectivity index (χ1) is 12.9. The Balaban J connectivity index is 1.24. The van der Waals surface area contributed by atoms with Crippen LogP contribution in [0, 0.1) is 0 Å². The summed E-state index contributed by atoms with van der Waals surface area (Å²) >= 11 is 1.66. The van der Waals surface area contributed by atoms with Gasteiger partial charge in [-0.2, -0.15) is 5.10 Å². The van der Waals surface area contributed by atoms with Crippen LogP contribution in [0.25, 0.3) is 10.2 Å². The molecule has 0 aliphatic rings. The summed E-state index contributed by atoms with van der Waals surface area (Å²) in [6.45, 7) is 1.10. The number of hydrogen-bond donors (Lipinski definition) is 1. The van der Waals surface area contributed by atoms with Gasteiger partial charge in [0.15, 0.2) is 0 Å². The van der Waals surface area contributed by atoms with Gasteiger partial charge in [-0.05, 0) is 42.8 Å². The highest BCUT2D eigenvalue weighted by molar-refractivity contribution is 7.18. The third kappa shape index (κ3) is 4.18. The van der Waals surface area contributed by atoms with E-state index in [1.165, 1.54) is 11.0 Å². The highest BCUT2D eigenvalue weighted by atomic mass is 32.1. The average Bonchev–Trinajstić information content (AvgIpc) is 3.33. The van der Waals surface area contributed by atoms with Crippen LogP contribution in [0.15, 0.2) is 54.9 Å². The van der Waals surface area contributed by atoms with E-state index in [0.29, 0.717) is 13.2 Å². The molecule has 0 aliphatic carbocycles. The largest absolute Gasteiger partial charge is 0.494 e. The van der Waals surface area contributed by atoms with Gasteiger partial charge in [0.25, 0.3) is 0 Å². The maximum Gasteiger partial charge on any atom is 0.140 e. The van der Waals surface area contributed by atoms with Crippen molar-refractivity contribution in [3.63, 3.8) is 0 Å². The van der Waals surface area contributed by atoms with E-state index in [-0.39, 0.29) is 0 Å². The SMILES string of the molecule is c1ccc2sc(COc3ccc(OCCCc4ncn[nH]4)cc3)nc2c1. The number of hydrogen-bond acceptors (Lipinski definition) is 6. The Morgan fingerprint density at radius 3 is 2.54 bits per heavy atom. The van der Waals surface area contributed by atoms with Crippen molar-refractivity contribution in [3.05, 3.63) is 65.7 Å². The van der Waals surface area contributed by atoms with Crippen LogP contribution in [0.2, 0.25) is 0 Å². The van der Waals surface area contributed by atoms with E-state index in [9.17, 15) is 0 Å². The van der Waals surface area contributed by atoms with Crippen molar-refractivity contribution in [2.75, 3.05) is 6.61 Å². The molecule has 0 saturated heterocycles. The van der Waals surface area contributed by atoms with Crippen molar-refractivity contribution in [1.82, 2.24) is 20.2 Å². The zero-order valence-electron chi connectivity index (χ0n) is 14.1. The van der Waals surface area contributed by atoms with Crippen LogP contribution in [0.5, 0.6) is 11.5 Å². The molecule has 2 aromatic carbocycles. The first kappa shape index (κ1) is 16.5. The van der Waals surface area contributed by atoms with E-state index in [2.05, 4.69) is 26.2 Å². The predicted molar refractivity (Wildman–Crippen MR) is 101 cm³/mol. The molecule has 2 aromatic heterocycles. The molecule has 2 heterocycles. The lowest BCUT2D eigenvalue weighted by Gasteiger charge is -2.07. The lowest BCUT2D eigenvalue weighted by molar-refractivity contribution is 0.299. The summed E-state index contributed by atoms with van der Waals surface area (Å²) in [6, 6.07) is 15.8. The van der Waals surface area contributed by atoms with Crippen molar-refractivity contribution in [1.29, 1.82) is 0 Å². The van der Waals surface area contributed by atoms with Crippen LogP contribution in [-0.4, -0.2) is 26.8 Å². The number of aryl methyl sites for hydroxylation is 1. The lowest BCUT2D eigenvalue weighted by atomic mass is 10.3. The molecule has 7 heteroatoms. The average molecular weight is 366 g/mol. The van der Waals surface area contributed by atoms with E-state index in [4.69, 9.17) is 9.47 Å². The summed E-state index contributed by atoms with van der Waals surface area (Å²) < 4.78 is 12.7. The van der Waals surface area contributed by atoms with Gasteiger partial charge >= 0.3 is 0 Å². The molecule has 6 nitrogen and oxygen atoms in total. The number of nitrogens with zero attached hydrogens (tertiary/aromatic N) is 3. The summed E-state index contributed by atoms with van der Waals surface area (Å²) in [5, 5.41) is 7.64. The molecule has 26 heavy (non-hydrogen) atoms. The number of ether oxygens (including phenoxy) is 2. The van der Waals surface area contributed by atoms with Crippen LogP contribution in [0.4, 0.5) is 0 Å². The fourth-order valence-electron chi connectivity index (χ4n) is 2.54. The van der Waals surface area contributed by atoms with Crippen LogP contribution >= 0.6 is 11.3 Å². The number of benzene rings is 2. The first-order valence-corrected chi connectivity index (χ1v) is 9.23. The minimum absolute atomic E-state index is 0.469. The number of thiazole rings is 1. The molecule has 0 bridgehead atoms. The zero-order chi connectivity index (χ0) is 17.6.